The average molecular weight is 205 g/mol. The maximum absolute atomic E-state index is 5.23. The van der Waals surface area contributed by atoms with Gasteiger partial charge in [-0.2, -0.15) is 0 Å². The molecule has 1 saturated heterocycles. The summed E-state index contributed by atoms with van der Waals surface area (Å²) in [4.78, 5) is 0. The maximum atomic E-state index is 5.23. The van der Waals surface area contributed by atoms with Crippen LogP contribution in [0.25, 0.3) is 0 Å². The second-order valence-corrected chi connectivity index (χ2v) is 4.27. The molecule has 1 N–H and O–H groups in total. The molecule has 0 aliphatic carbocycles. The van der Waals surface area contributed by atoms with Crippen LogP contribution in [0.15, 0.2) is 24.3 Å². The zero-order chi connectivity index (χ0) is 10.5. The van der Waals surface area contributed by atoms with E-state index in [2.05, 4.69) is 23.5 Å². The fraction of sp³-hybridized carbons (Fsp3) is 0.538. The molecule has 1 aromatic carbocycles. The first-order valence-corrected chi connectivity index (χ1v) is 5.72. The zero-order valence-electron chi connectivity index (χ0n) is 9.33. The number of benzene rings is 1. The van der Waals surface area contributed by atoms with Gasteiger partial charge in [-0.25, -0.2) is 0 Å². The third kappa shape index (κ3) is 2.96. The van der Waals surface area contributed by atoms with Crippen LogP contribution in [0.4, 0.5) is 0 Å². The van der Waals surface area contributed by atoms with E-state index in [-0.39, 0.29) is 0 Å². The van der Waals surface area contributed by atoms with Gasteiger partial charge < -0.3 is 10.1 Å². The molecule has 1 aromatic rings. The van der Waals surface area contributed by atoms with Crippen LogP contribution in [0.3, 0.4) is 0 Å². The lowest BCUT2D eigenvalue weighted by atomic mass is 9.92. The van der Waals surface area contributed by atoms with Gasteiger partial charge in [0.05, 0.1) is 7.11 Å². The van der Waals surface area contributed by atoms with Crippen LogP contribution in [-0.2, 0) is 6.42 Å². The Hall–Kier alpha value is -1.02. The molecular weight excluding hydrogens is 186 g/mol. The van der Waals surface area contributed by atoms with Crippen molar-refractivity contribution >= 4 is 0 Å². The van der Waals surface area contributed by atoms with Crippen LogP contribution >= 0.6 is 0 Å². The highest BCUT2D eigenvalue weighted by molar-refractivity contribution is 5.28. The first kappa shape index (κ1) is 10.5. The third-order valence-corrected chi connectivity index (χ3v) is 3.06. The fourth-order valence-corrected chi connectivity index (χ4v) is 2.23. The van der Waals surface area contributed by atoms with Crippen LogP contribution < -0.4 is 10.1 Å². The Morgan fingerprint density at radius 2 is 2.40 bits per heavy atom. The van der Waals surface area contributed by atoms with Crippen molar-refractivity contribution < 1.29 is 4.74 Å². The van der Waals surface area contributed by atoms with Gasteiger partial charge in [0.15, 0.2) is 0 Å². The fourth-order valence-electron chi connectivity index (χ4n) is 2.23. The molecule has 0 amide bonds. The van der Waals surface area contributed by atoms with E-state index in [0.717, 1.165) is 18.2 Å². The largest absolute Gasteiger partial charge is 0.497 e. The minimum absolute atomic E-state index is 0.797. The Bertz CT molecular complexity index is 305. The highest BCUT2D eigenvalue weighted by atomic mass is 16.5. The average Bonchev–Trinajstić information content (AvgIpc) is 2.31. The standard InChI is InChI=1S/C13H19NO/c1-15-13-6-2-4-11(9-13)8-12-5-3-7-14-10-12/h2,4,6,9,12,14H,3,5,7-8,10H2,1H3. The topological polar surface area (TPSA) is 21.3 Å². The van der Waals surface area contributed by atoms with Crippen LogP contribution in [-0.4, -0.2) is 20.2 Å². The molecule has 0 aromatic heterocycles. The van der Waals surface area contributed by atoms with Gasteiger partial charge in [0.25, 0.3) is 0 Å². The van der Waals surface area contributed by atoms with Crippen molar-refractivity contribution in [1.82, 2.24) is 5.32 Å². The summed E-state index contributed by atoms with van der Waals surface area (Å²) >= 11 is 0. The first-order chi connectivity index (χ1) is 7.38. The normalized spacial score (nSPS) is 21.3. The molecule has 82 valence electrons. The van der Waals surface area contributed by atoms with Crippen LogP contribution in [0.2, 0.25) is 0 Å². The lowest BCUT2D eigenvalue weighted by molar-refractivity contribution is 0.374. The Morgan fingerprint density at radius 1 is 1.47 bits per heavy atom. The minimum Gasteiger partial charge on any atom is -0.497 e. The van der Waals surface area contributed by atoms with Gasteiger partial charge >= 0.3 is 0 Å². The van der Waals surface area contributed by atoms with E-state index in [4.69, 9.17) is 4.74 Å². The summed E-state index contributed by atoms with van der Waals surface area (Å²) in [5.74, 6) is 1.77. The molecule has 0 bridgehead atoms. The Morgan fingerprint density at radius 3 is 3.13 bits per heavy atom. The SMILES string of the molecule is COc1cccc(CC2CCCNC2)c1. The Kier molecular flexibility index (Phi) is 3.62. The summed E-state index contributed by atoms with van der Waals surface area (Å²) in [5, 5.41) is 3.45. The summed E-state index contributed by atoms with van der Waals surface area (Å²) in [5.41, 5.74) is 1.39. The van der Waals surface area contributed by atoms with Crippen molar-refractivity contribution in [3.8, 4) is 5.75 Å². The number of hydrogen-bond donors (Lipinski definition) is 1. The van der Waals surface area contributed by atoms with Gasteiger partial charge in [0.1, 0.15) is 5.75 Å². The van der Waals surface area contributed by atoms with E-state index in [1.54, 1.807) is 7.11 Å². The summed E-state index contributed by atoms with van der Waals surface area (Å²) < 4.78 is 5.23. The first-order valence-electron chi connectivity index (χ1n) is 5.72. The number of hydrogen-bond acceptors (Lipinski definition) is 2. The smallest absolute Gasteiger partial charge is 0.119 e. The lowest BCUT2D eigenvalue weighted by Crippen LogP contribution is -2.30. The molecular formula is C13H19NO. The van der Waals surface area contributed by atoms with Crippen molar-refractivity contribution in [3.63, 3.8) is 0 Å². The summed E-state index contributed by atoms with van der Waals surface area (Å²) in [6.45, 7) is 2.35. The van der Waals surface area contributed by atoms with Crippen LogP contribution in [0, 0.1) is 5.92 Å². The van der Waals surface area contributed by atoms with E-state index in [9.17, 15) is 0 Å². The van der Waals surface area contributed by atoms with Gasteiger partial charge in [-0.05, 0) is 56.0 Å². The molecule has 1 heterocycles. The molecule has 1 aliphatic rings. The lowest BCUT2D eigenvalue weighted by Gasteiger charge is -2.22. The molecule has 0 spiro atoms. The van der Waals surface area contributed by atoms with E-state index in [1.165, 1.54) is 31.4 Å². The molecule has 2 nitrogen and oxygen atoms in total. The summed E-state index contributed by atoms with van der Waals surface area (Å²) in [6.07, 6.45) is 3.84. The minimum atomic E-state index is 0.797. The quantitative estimate of drug-likeness (QED) is 0.817. The van der Waals surface area contributed by atoms with Crippen LogP contribution in [0.5, 0.6) is 5.75 Å². The van der Waals surface area contributed by atoms with Crippen molar-refractivity contribution in [3.05, 3.63) is 29.8 Å². The van der Waals surface area contributed by atoms with E-state index >= 15 is 0 Å². The van der Waals surface area contributed by atoms with Gasteiger partial charge in [0.2, 0.25) is 0 Å². The van der Waals surface area contributed by atoms with Crippen LogP contribution in [0.1, 0.15) is 18.4 Å². The van der Waals surface area contributed by atoms with Gasteiger partial charge in [-0.15, -0.1) is 0 Å². The number of ether oxygens (including phenoxy) is 1. The highest BCUT2D eigenvalue weighted by Gasteiger charge is 2.13. The summed E-state index contributed by atoms with van der Waals surface area (Å²) in [6, 6.07) is 8.42. The van der Waals surface area contributed by atoms with E-state index in [0.29, 0.717) is 0 Å². The molecule has 1 aliphatic heterocycles. The molecule has 15 heavy (non-hydrogen) atoms. The molecule has 2 heteroatoms. The van der Waals surface area contributed by atoms with E-state index in [1.807, 2.05) is 6.07 Å². The molecule has 1 atom stereocenters. The van der Waals surface area contributed by atoms with Crippen molar-refractivity contribution in [2.75, 3.05) is 20.2 Å². The van der Waals surface area contributed by atoms with Crippen molar-refractivity contribution in [1.29, 1.82) is 0 Å². The third-order valence-electron chi connectivity index (χ3n) is 3.06. The molecule has 1 fully saturated rings. The van der Waals surface area contributed by atoms with Gasteiger partial charge in [-0.3, -0.25) is 0 Å². The van der Waals surface area contributed by atoms with Crippen molar-refractivity contribution in [2.24, 2.45) is 5.92 Å². The van der Waals surface area contributed by atoms with E-state index < -0.39 is 0 Å². The van der Waals surface area contributed by atoms with Gasteiger partial charge in [0, 0.05) is 0 Å². The second-order valence-electron chi connectivity index (χ2n) is 4.27. The molecule has 0 saturated carbocycles. The number of piperidine rings is 1. The number of nitrogens with one attached hydrogen (secondary N) is 1. The summed E-state index contributed by atoms with van der Waals surface area (Å²) in [7, 11) is 1.72. The molecule has 0 radical (unpaired) electrons. The maximum Gasteiger partial charge on any atom is 0.119 e. The van der Waals surface area contributed by atoms with Crippen molar-refractivity contribution in [2.45, 2.75) is 19.3 Å². The zero-order valence-corrected chi connectivity index (χ0v) is 9.33. The second kappa shape index (κ2) is 5.17. The predicted octanol–water partition coefficient (Wildman–Crippen LogP) is 2.24. The Labute approximate surface area is 91.6 Å². The Balaban J connectivity index is 1.96. The monoisotopic (exact) mass is 205 g/mol. The van der Waals surface area contributed by atoms with Gasteiger partial charge in [-0.1, -0.05) is 12.1 Å². The molecule has 1 unspecified atom stereocenters. The molecule has 2 rings (SSSR count). The number of methoxy groups -OCH3 is 1. The predicted molar refractivity (Wildman–Crippen MR) is 62.3 cm³/mol. The highest BCUT2D eigenvalue weighted by Crippen LogP contribution is 2.19. The number of rotatable bonds is 3.